The van der Waals surface area contributed by atoms with Gasteiger partial charge in [0.2, 0.25) is 12.0 Å². The van der Waals surface area contributed by atoms with Gasteiger partial charge in [0.15, 0.2) is 11.5 Å². The van der Waals surface area contributed by atoms with E-state index in [0.29, 0.717) is 36.0 Å². The maximum Gasteiger partial charge on any atom is 0.268 e. The van der Waals surface area contributed by atoms with Crippen molar-refractivity contribution in [1.82, 2.24) is 10.2 Å². The molecule has 198 valence electrons. The summed E-state index contributed by atoms with van der Waals surface area (Å²) < 4.78 is 23.3. The maximum atomic E-state index is 14.1. The lowest BCUT2D eigenvalue weighted by Crippen LogP contribution is -2.54. The molecule has 2 aromatic rings. The first kappa shape index (κ1) is 25.4. The normalized spacial score (nSPS) is 22.2. The smallest absolute Gasteiger partial charge is 0.268 e. The Hall–Kier alpha value is -3.26. The van der Waals surface area contributed by atoms with Crippen LogP contribution >= 0.6 is 0 Å². The molecular weight excluding hydrogens is 472 g/mol. The molecule has 8 nitrogen and oxygen atoms in total. The summed E-state index contributed by atoms with van der Waals surface area (Å²) in [5.74, 6) is 1.27. The number of fused-ring (bicyclic) bond motifs is 1. The summed E-state index contributed by atoms with van der Waals surface area (Å²) >= 11 is 0. The van der Waals surface area contributed by atoms with E-state index >= 15 is 0 Å². The van der Waals surface area contributed by atoms with Gasteiger partial charge in [-0.15, -0.1) is 0 Å². The molecule has 3 atom stereocenters. The van der Waals surface area contributed by atoms with Crippen LogP contribution in [-0.2, 0) is 14.3 Å². The molecule has 2 heterocycles. The molecule has 8 heteroatoms. The summed E-state index contributed by atoms with van der Waals surface area (Å²) in [5, 5.41) is 3.25. The molecule has 2 aromatic carbocycles. The lowest BCUT2D eigenvalue weighted by atomic mass is 9.94. The van der Waals surface area contributed by atoms with Crippen LogP contribution in [0.2, 0.25) is 0 Å². The third-order valence-corrected chi connectivity index (χ3v) is 7.41. The summed E-state index contributed by atoms with van der Waals surface area (Å²) in [6.45, 7) is 1.02. The van der Waals surface area contributed by atoms with Crippen molar-refractivity contribution in [3.63, 3.8) is 0 Å². The highest BCUT2D eigenvalue weighted by atomic mass is 16.6. The molecular formula is C29H36N2O6. The van der Waals surface area contributed by atoms with Crippen molar-refractivity contribution in [2.75, 3.05) is 26.9 Å². The number of amides is 2. The van der Waals surface area contributed by atoms with Gasteiger partial charge in [-0.05, 0) is 55.5 Å². The van der Waals surface area contributed by atoms with E-state index in [1.54, 1.807) is 18.1 Å². The lowest BCUT2D eigenvalue weighted by Gasteiger charge is -2.37. The Balaban J connectivity index is 1.47. The molecule has 0 bridgehead atoms. The zero-order valence-electron chi connectivity index (χ0n) is 21.4. The van der Waals surface area contributed by atoms with Crippen LogP contribution in [0.5, 0.6) is 17.2 Å². The van der Waals surface area contributed by atoms with Crippen LogP contribution < -0.4 is 19.5 Å². The first-order valence-electron chi connectivity index (χ1n) is 13.4. The van der Waals surface area contributed by atoms with Crippen LogP contribution in [0.4, 0.5) is 0 Å². The Morgan fingerprint density at radius 2 is 1.84 bits per heavy atom. The Morgan fingerprint density at radius 1 is 1.03 bits per heavy atom. The van der Waals surface area contributed by atoms with Crippen molar-refractivity contribution in [1.29, 1.82) is 0 Å². The highest BCUT2D eigenvalue weighted by Crippen LogP contribution is 2.34. The summed E-state index contributed by atoms with van der Waals surface area (Å²) in [4.78, 5) is 29.7. The second-order valence-corrected chi connectivity index (χ2v) is 10.0. The number of benzene rings is 2. The first-order valence-corrected chi connectivity index (χ1v) is 13.4. The molecule has 0 aromatic heterocycles. The van der Waals surface area contributed by atoms with E-state index in [0.717, 1.165) is 38.5 Å². The van der Waals surface area contributed by atoms with Crippen molar-refractivity contribution < 1.29 is 28.5 Å². The second kappa shape index (κ2) is 11.9. The van der Waals surface area contributed by atoms with Crippen molar-refractivity contribution in [2.45, 2.75) is 69.2 Å². The molecule has 0 unspecified atom stereocenters. The van der Waals surface area contributed by atoms with Crippen LogP contribution in [0.25, 0.3) is 0 Å². The molecule has 2 amide bonds. The number of methoxy groups -OCH3 is 1. The third kappa shape index (κ3) is 6.01. The minimum atomic E-state index is -0.869. The topological polar surface area (TPSA) is 86.3 Å². The molecule has 1 aliphatic carbocycles. The number of ether oxygens (including phenoxy) is 4. The van der Waals surface area contributed by atoms with E-state index in [4.69, 9.17) is 18.9 Å². The van der Waals surface area contributed by atoms with Gasteiger partial charge < -0.3 is 29.2 Å². The van der Waals surface area contributed by atoms with Gasteiger partial charge in [-0.3, -0.25) is 9.59 Å². The maximum absolute atomic E-state index is 14.1. The molecule has 3 aliphatic rings. The number of nitrogens with zero attached hydrogens (tertiary/aromatic N) is 1. The minimum absolute atomic E-state index is 0.0763. The molecule has 1 N–H and O–H groups in total. The molecule has 5 rings (SSSR count). The highest BCUT2D eigenvalue weighted by Gasteiger charge is 2.40. The van der Waals surface area contributed by atoms with Crippen LogP contribution in [0.1, 0.15) is 56.6 Å². The van der Waals surface area contributed by atoms with E-state index in [2.05, 4.69) is 5.32 Å². The number of carbonyl (C=O) groups excluding carboxylic acids is 2. The average Bonchev–Trinajstić information content (AvgIpc) is 3.46. The van der Waals surface area contributed by atoms with E-state index < -0.39 is 12.1 Å². The number of rotatable bonds is 8. The van der Waals surface area contributed by atoms with Gasteiger partial charge in [0.05, 0.1) is 13.2 Å². The summed E-state index contributed by atoms with van der Waals surface area (Å²) in [5.41, 5.74) is 0.691. The van der Waals surface area contributed by atoms with Crippen molar-refractivity contribution in [3.8, 4) is 17.2 Å². The SMILES string of the molecule is COc1cccc([C@H](C(=O)NC2CCCCC2)N(C[C@H]2CCCO2)C(=O)[C@H]2COc3ccccc3O2)c1. The van der Waals surface area contributed by atoms with Crippen LogP contribution in [0, 0.1) is 0 Å². The van der Waals surface area contributed by atoms with Gasteiger partial charge in [0, 0.05) is 19.2 Å². The quantitative estimate of drug-likeness (QED) is 0.580. The Morgan fingerprint density at radius 3 is 2.59 bits per heavy atom. The average molecular weight is 509 g/mol. The fourth-order valence-corrected chi connectivity index (χ4v) is 5.47. The standard InChI is InChI=1S/C29H36N2O6/c1-34-22-12-7-9-20(17-22)27(28(32)30-21-10-3-2-4-11-21)31(18-23-13-8-16-35-23)29(33)26-19-36-24-14-5-6-15-25(24)37-26/h5-7,9,12,14-15,17,21,23,26-27H,2-4,8,10-11,13,16,18-19H2,1H3,(H,30,32)/t23-,26-,27-/m1/s1. The number of nitrogens with one attached hydrogen (secondary N) is 1. The monoisotopic (exact) mass is 508 g/mol. The first-order chi connectivity index (χ1) is 18.1. The molecule has 2 fully saturated rings. The Kier molecular flexibility index (Phi) is 8.14. The van der Waals surface area contributed by atoms with E-state index in [9.17, 15) is 9.59 Å². The largest absolute Gasteiger partial charge is 0.497 e. The number of hydrogen-bond acceptors (Lipinski definition) is 6. The van der Waals surface area contributed by atoms with Gasteiger partial charge in [-0.2, -0.15) is 0 Å². The van der Waals surface area contributed by atoms with Crippen molar-refractivity contribution >= 4 is 11.8 Å². The van der Waals surface area contributed by atoms with Crippen LogP contribution in [0.15, 0.2) is 48.5 Å². The molecule has 2 aliphatic heterocycles. The second-order valence-electron chi connectivity index (χ2n) is 10.0. The molecule has 0 spiro atoms. The fraction of sp³-hybridized carbons (Fsp3) is 0.517. The Labute approximate surface area is 218 Å². The zero-order valence-corrected chi connectivity index (χ0v) is 21.4. The van der Waals surface area contributed by atoms with Gasteiger partial charge in [-0.1, -0.05) is 43.5 Å². The number of para-hydroxylation sites is 2. The van der Waals surface area contributed by atoms with Gasteiger partial charge in [0.1, 0.15) is 18.4 Å². The number of carbonyl (C=O) groups is 2. The van der Waals surface area contributed by atoms with Gasteiger partial charge in [0.25, 0.3) is 5.91 Å². The minimum Gasteiger partial charge on any atom is -0.497 e. The predicted molar refractivity (Wildman–Crippen MR) is 138 cm³/mol. The fourth-order valence-electron chi connectivity index (χ4n) is 5.47. The van der Waals surface area contributed by atoms with E-state index in [1.165, 1.54) is 6.42 Å². The summed E-state index contributed by atoms with van der Waals surface area (Å²) in [6, 6.07) is 13.9. The van der Waals surface area contributed by atoms with Crippen LogP contribution in [-0.4, -0.2) is 61.8 Å². The van der Waals surface area contributed by atoms with Crippen molar-refractivity contribution in [3.05, 3.63) is 54.1 Å². The third-order valence-electron chi connectivity index (χ3n) is 7.41. The van der Waals surface area contributed by atoms with Crippen molar-refractivity contribution in [2.24, 2.45) is 0 Å². The summed E-state index contributed by atoms with van der Waals surface area (Å²) in [6.07, 6.45) is 6.04. The zero-order chi connectivity index (χ0) is 25.6. The molecule has 0 radical (unpaired) electrons. The van der Waals surface area contributed by atoms with E-state index in [1.807, 2.05) is 42.5 Å². The summed E-state index contributed by atoms with van der Waals surface area (Å²) in [7, 11) is 1.59. The molecule has 1 saturated carbocycles. The Bertz CT molecular complexity index is 1080. The van der Waals surface area contributed by atoms with Gasteiger partial charge >= 0.3 is 0 Å². The lowest BCUT2D eigenvalue weighted by molar-refractivity contribution is -0.150. The van der Waals surface area contributed by atoms with Gasteiger partial charge in [-0.25, -0.2) is 0 Å². The predicted octanol–water partition coefficient (Wildman–Crippen LogP) is 4.03. The molecule has 37 heavy (non-hydrogen) atoms. The van der Waals surface area contributed by atoms with Crippen LogP contribution in [0.3, 0.4) is 0 Å². The number of hydrogen-bond donors (Lipinski definition) is 1. The highest BCUT2D eigenvalue weighted by molar-refractivity contribution is 5.91. The molecule has 1 saturated heterocycles. The van der Waals surface area contributed by atoms with E-state index in [-0.39, 0.29) is 30.6 Å².